The van der Waals surface area contributed by atoms with Gasteiger partial charge in [0, 0.05) is 12.3 Å². The Morgan fingerprint density at radius 1 is 0.706 bits per heavy atom. The molecule has 2 N–H and O–H groups in total. The molecule has 0 saturated heterocycles. The minimum Gasteiger partial charge on any atom is -0.368 e. The Labute approximate surface area is 101 Å². The third kappa shape index (κ3) is 3.16. The number of aliphatic hydroxyl groups is 2. The summed E-state index contributed by atoms with van der Waals surface area (Å²) >= 11 is 0. The molecular weight excluding hydrogens is 212 g/mol. The van der Waals surface area contributed by atoms with Crippen molar-refractivity contribution in [2.24, 2.45) is 0 Å². The van der Waals surface area contributed by atoms with E-state index in [2.05, 4.69) is 0 Å². The van der Waals surface area contributed by atoms with E-state index in [1.165, 1.54) is 0 Å². The summed E-state index contributed by atoms with van der Waals surface area (Å²) in [5, 5.41) is 18.4. The first kappa shape index (κ1) is 11.8. The standard InChI is InChI=1S/C15H16O2/c16-15(17)11-14(12-7-3-1-4-8-12)13-9-5-2-6-10-13/h1-10,14-17H,11H2. The summed E-state index contributed by atoms with van der Waals surface area (Å²) in [4.78, 5) is 0. The molecular formula is C15H16O2. The zero-order valence-corrected chi connectivity index (χ0v) is 9.53. The maximum Gasteiger partial charge on any atom is 0.152 e. The molecule has 2 nitrogen and oxygen atoms in total. The molecule has 0 aromatic heterocycles. The van der Waals surface area contributed by atoms with Crippen LogP contribution in [-0.4, -0.2) is 16.5 Å². The van der Waals surface area contributed by atoms with Crippen molar-refractivity contribution >= 4 is 0 Å². The van der Waals surface area contributed by atoms with Crippen molar-refractivity contribution in [3.63, 3.8) is 0 Å². The zero-order chi connectivity index (χ0) is 12.1. The molecule has 0 aliphatic carbocycles. The Balaban J connectivity index is 2.32. The van der Waals surface area contributed by atoms with E-state index in [0.717, 1.165) is 11.1 Å². The van der Waals surface area contributed by atoms with Gasteiger partial charge in [0.05, 0.1) is 0 Å². The van der Waals surface area contributed by atoms with Crippen molar-refractivity contribution in [3.8, 4) is 0 Å². The average molecular weight is 228 g/mol. The van der Waals surface area contributed by atoms with E-state index in [4.69, 9.17) is 0 Å². The van der Waals surface area contributed by atoms with Crippen molar-refractivity contribution in [3.05, 3.63) is 71.8 Å². The summed E-state index contributed by atoms with van der Waals surface area (Å²) in [5.74, 6) is 0.0254. The van der Waals surface area contributed by atoms with E-state index in [9.17, 15) is 10.2 Å². The lowest BCUT2D eigenvalue weighted by molar-refractivity contribution is -0.0476. The smallest absolute Gasteiger partial charge is 0.152 e. The third-order valence-corrected chi connectivity index (χ3v) is 2.85. The highest BCUT2D eigenvalue weighted by molar-refractivity contribution is 5.32. The molecule has 2 heteroatoms. The van der Waals surface area contributed by atoms with Crippen molar-refractivity contribution in [2.75, 3.05) is 0 Å². The zero-order valence-electron chi connectivity index (χ0n) is 9.53. The fraction of sp³-hybridized carbons (Fsp3) is 0.200. The molecule has 2 aromatic carbocycles. The topological polar surface area (TPSA) is 40.5 Å². The van der Waals surface area contributed by atoms with Crippen LogP contribution in [0.15, 0.2) is 60.7 Å². The summed E-state index contributed by atoms with van der Waals surface area (Å²) in [6, 6.07) is 19.8. The lowest BCUT2D eigenvalue weighted by atomic mass is 9.88. The summed E-state index contributed by atoms with van der Waals surface area (Å²) < 4.78 is 0. The Bertz CT molecular complexity index is 397. The molecule has 0 radical (unpaired) electrons. The lowest BCUT2D eigenvalue weighted by Crippen LogP contribution is -2.12. The third-order valence-electron chi connectivity index (χ3n) is 2.85. The molecule has 0 heterocycles. The minimum atomic E-state index is -1.29. The van der Waals surface area contributed by atoms with Gasteiger partial charge in [-0.05, 0) is 11.1 Å². The second-order valence-electron chi connectivity index (χ2n) is 4.09. The van der Waals surface area contributed by atoms with Crippen LogP contribution in [0.1, 0.15) is 23.5 Å². The van der Waals surface area contributed by atoms with Gasteiger partial charge in [-0.2, -0.15) is 0 Å². The molecule has 0 atom stereocenters. The fourth-order valence-corrected chi connectivity index (χ4v) is 2.05. The molecule has 0 aliphatic rings. The SMILES string of the molecule is OC(O)CC(c1ccccc1)c1ccccc1. The molecule has 2 rings (SSSR count). The minimum absolute atomic E-state index is 0.0254. The molecule has 2 aromatic rings. The van der Waals surface area contributed by atoms with Crippen molar-refractivity contribution in [1.29, 1.82) is 0 Å². The average Bonchev–Trinajstić information content (AvgIpc) is 2.38. The second-order valence-corrected chi connectivity index (χ2v) is 4.09. The number of benzene rings is 2. The monoisotopic (exact) mass is 228 g/mol. The first-order valence-corrected chi connectivity index (χ1v) is 5.73. The maximum atomic E-state index is 9.20. The number of aliphatic hydroxyl groups excluding tert-OH is 1. The predicted molar refractivity (Wildman–Crippen MR) is 67.6 cm³/mol. The van der Waals surface area contributed by atoms with Gasteiger partial charge in [0.15, 0.2) is 6.29 Å². The van der Waals surface area contributed by atoms with Crippen LogP contribution in [0, 0.1) is 0 Å². The molecule has 0 amide bonds. The highest BCUT2D eigenvalue weighted by atomic mass is 16.5. The maximum absolute atomic E-state index is 9.20. The van der Waals surface area contributed by atoms with E-state index in [1.807, 2.05) is 60.7 Å². The van der Waals surface area contributed by atoms with E-state index in [0.29, 0.717) is 6.42 Å². The van der Waals surface area contributed by atoms with Gasteiger partial charge in [-0.15, -0.1) is 0 Å². The summed E-state index contributed by atoms with van der Waals surface area (Å²) in [6.45, 7) is 0. The summed E-state index contributed by atoms with van der Waals surface area (Å²) in [7, 11) is 0. The van der Waals surface area contributed by atoms with Crippen LogP contribution in [0.25, 0.3) is 0 Å². The molecule has 0 spiro atoms. The van der Waals surface area contributed by atoms with Crippen molar-refractivity contribution in [1.82, 2.24) is 0 Å². The molecule has 17 heavy (non-hydrogen) atoms. The Hall–Kier alpha value is -1.64. The van der Waals surface area contributed by atoms with E-state index >= 15 is 0 Å². The van der Waals surface area contributed by atoms with Gasteiger partial charge in [-0.3, -0.25) is 0 Å². The van der Waals surface area contributed by atoms with Gasteiger partial charge in [0.1, 0.15) is 0 Å². The van der Waals surface area contributed by atoms with Gasteiger partial charge in [-0.1, -0.05) is 60.7 Å². The Morgan fingerprint density at radius 2 is 1.12 bits per heavy atom. The van der Waals surface area contributed by atoms with Gasteiger partial charge in [0.25, 0.3) is 0 Å². The van der Waals surface area contributed by atoms with Crippen LogP contribution in [0.4, 0.5) is 0 Å². The molecule has 0 bridgehead atoms. The van der Waals surface area contributed by atoms with Gasteiger partial charge >= 0.3 is 0 Å². The van der Waals surface area contributed by atoms with Crippen LogP contribution >= 0.6 is 0 Å². The summed E-state index contributed by atoms with van der Waals surface area (Å²) in [5.41, 5.74) is 2.21. The molecule has 88 valence electrons. The first-order valence-electron chi connectivity index (χ1n) is 5.73. The number of rotatable bonds is 4. The molecule has 0 fully saturated rings. The molecule has 0 aliphatic heterocycles. The highest BCUT2D eigenvalue weighted by Crippen LogP contribution is 2.28. The summed E-state index contributed by atoms with van der Waals surface area (Å²) in [6.07, 6.45) is -0.978. The molecule has 0 saturated carbocycles. The largest absolute Gasteiger partial charge is 0.368 e. The Morgan fingerprint density at radius 3 is 1.47 bits per heavy atom. The van der Waals surface area contributed by atoms with E-state index < -0.39 is 6.29 Å². The van der Waals surface area contributed by atoms with Crippen LogP contribution in [-0.2, 0) is 0 Å². The molecule has 0 unspecified atom stereocenters. The number of hydrogen-bond donors (Lipinski definition) is 2. The first-order chi connectivity index (χ1) is 8.27. The second kappa shape index (κ2) is 5.62. The van der Waals surface area contributed by atoms with E-state index in [1.54, 1.807) is 0 Å². The van der Waals surface area contributed by atoms with Gasteiger partial charge in [-0.25, -0.2) is 0 Å². The van der Waals surface area contributed by atoms with Crippen LogP contribution in [0.5, 0.6) is 0 Å². The van der Waals surface area contributed by atoms with Crippen molar-refractivity contribution < 1.29 is 10.2 Å². The lowest BCUT2D eigenvalue weighted by Gasteiger charge is -2.18. The van der Waals surface area contributed by atoms with Crippen LogP contribution in [0.2, 0.25) is 0 Å². The van der Waals surface area contributed by atoms with Gasteiger partial charge < -0.3 is 10.2 Å². The quantitative estimate of drug-likeness (QED) is 0.789. The fourth-order valence-electron chi connectivity index (χ4n) is 2.05. The normalized spacial score (nSPS) is 11.1. The highest BCUT2D eigenvalue weighted by Gasteiger charge is 2.16. The van der Waals surface area contributed by atoms with Crippen LogP contribution < -0.4 is 0 Å². The number of hydrogen-bond acceptors (Lipinski definition) is 2. The van der Waals surface area contributed by atoms with Crippen molar-refractivity contribution in [2.45, 2.75) is 18.6 Å². The Kier molecular flexibility index (Phi) is 3.91. The van der Waals surface area contributed by atoms with Crippen LogP contribution in [0.3, 0.4) is 0 Å². The predicted octanol–water partition coefficient (Wildman–Crippen LogP) is 2.52. The van der Waals surface area contributed by atoms with E-state index in [-0.39, 0.29) is 5.92 Å². The van der Waals surface area contributed by atoms with Gasteiger partial charge in [0.2, 0.25) is 0 Å².